The number of rotatable bonds is 4. The summed E-state index contributed by atoms with van der Waals surface area (Å²) in [5.41, 5.74) is 5.17. The lowest BCUT2D eigenvalue weighted by Gasteiger charge is -2.08. The van der Waals surface area contributed by atoms with Crippen LogP contribution in [0.2, 0.25) is 0 Å². The third kappa shape index (κ3) is 3.18. The summed E-state index contributed by atoms with van der Waals surface area (Å²) in [6, 6.07) is 3.50. The molecule has 0 radical (unpaired) electrons. The van der Waals surface area contributed by atoms with E-state index in [1.54, 1.807) is 0 Å². The highest BCUT2D eigenvalue weighted by molar-refractivity contribution is 5.89. The maximum absolute atomic E-state index is 13.0. The van der Waals surface area contributed by atoms with Crippen molar-refractivity contribution in [1.29, 1.82) is 0 Å². The molecule has 0 saturated heterocycles. The van der Waals surface area contributed by atoms with Gasteiger partial charge in [-0.15, -0.1) is 0 Å². The molecule has 0 aliphatic rings. The Morgan fingerprint density at radius 1 is 1.56 bits per heavy atom. The zero-order chi connectivity index (χ0) is 12.1. The van der Waals surface area contributed by atoms with Crippen LogP contribution in [0.25, 0.3) is 0 Å². The van der Waals surface area contributed by atoms with Gasteiger partial charge in [0.2, 0.25) is 0 Å². The van der Waals surface area contributed by atoms with E-state index in [1.165, 1.54) is 12.1 Å². The van der Waals surface area contributed by atoms with Crippen LogP contribution in [-0.2, 0) is 4.74 Å². The summed E-state index contributed by atoms with van der Waals surface area (Å²) in [5.74, 6) is -1.50. The molecule has 1 unspecified atom stereocenters. The van der Waals surface area contributed by atoms with E-state index in [4.69, 9.17) is 15.9 Å². The standard InChI is InChI=1S/C10H12FNO4/c11-8-3-6(1-2-9(8)12)10(15)16-5-7(14)4-13/h1-3,7,13-14H,4-5,12H2. The number of hydrogen-bond donors (Lipinski definition) is 3. The Hall–Kier alpha value is -1.66. The summed E-state index contributed by atoms with van der Waals surface area (Å²) < 4.78 is 17.6. The van der Waals surface area contributed by atoms with Crippen LogP contribution >= 0.6 is 0 Å². The molecule has 0 fully saturated rings. The summed E-state index contributed by atoms with van der Waals surface area (Å²) in [5, 5.41) is 17.4. The molecule has 0 aliphatic heterocycles. The smallest absolute Gasteiger partial charge is 0.338 e. The Morgan fingerprint density at radius 3 is 2.81 bits per heavy atom. The van der Waals surface area contributed by atoms with Crippen LogP contribution in [-0.4, -0.2) is 35.5 Å². The Balaban J connectivity index is 2.63. The normalized spacial score (nSPS) is 12.2. The van der Waals surface area contributed by atoms with Gasteiger partial charge < -0.3 is 20.7 Å². The van der Waals surface area contributed by atoms with Gasteiger partial charge in [-0.1, -0.05) is 0 Å². The highest BCUT2D eigenvalue weighted by atomic mass is 19.1. The molecule has 1 rings (SSSR count). The van der Waals surface area contributed by atoms with Gasteiger partial charge in [0, 0.05) is 0 Å². The van der Waals surface area contributed by atoms with E-state index >= 15 is 0 Å². The lowest BCUT2D eigenvalue weighted by Crippen LogP contribution is -2.22. The van der Waals surface area contributed by atoms with E-state index in [0.717, 1.165) is 6.07 Å². The van der Waals surface area contributed by atoms with Crippen molar-refractivity contribution in [3.8, 4) is 0 Å². The third-order valence-corrected chi connectivity index (χ3v) is 1.85. The molecule has 1 aromatic carbocycles. The van der Waals surface area contributed by atoms with Gasteiger partial charge in [0.1, 0.15) is 18.5 Å². The Kier molecular flexibility index (Phi) is 4.21. The monoisotopic (exact) mass is 229 g/mol. The quantitative estimate of drug-likeness (QED) is 0.496. The van der Waals surface area contributed by atoms with Crippen LogP contribution in [0.4, 0.5) is 10.1 Å². The second-order valence-corrected chi connectivity index (χ2v) is 3.17. The molecule has 0 spiro atoms. The number of halogens is 1. The molecule has 0 bridgehead atoms. The number of hydrogen-bond acceptors (Lipinski definition) is 5. The molecule has 1 atom stereocenters. The van der Waals surface area contributed by atoms with Gasteiger partial charge in [-0.2, -0.15) is 0 Å². The minimum Gasteiger partial charge on any atom is -0.459 e. The van der Waals surface area contributed by atoms with E-state index < -0.39 is 24.5 Å². The van der Waals surface area contributed by atoms with Crippen molar-refractivity contribution < 1.29 is 24.1 Å². The highest BCUT2D eigenvalue weighted by Crippen LogP contribution is 2.12. The zero-order valence-electron chi connectivity index (χ0n) is 8.39. The Labute approximate surface area is 91.3 Å². The minimum absolute atomic E-state index is 0.00293. The number of carbonyl (C=O) groups is 1. The molecule has 6 heteroatoms. The van der Waals surface area contributed by atoms with Gasteiger partial charge in [0.05, 0.1) is 17.9 Å². The number of esters is 1. The fourth-order valence-electron chi connectivity index (χ4n) is 0.962. The Morgan fingerprint density at radius 2 is 2.25 bits per heavy atom. The minimum atomic E-state index is -1.14. The number of benzene rings is 1. The van der Waals surface area contributed by atoms with Crippen molar-refractivity contribution in [3.05, 3.63) is 29.6 Å². The number of carbonyl (C=O) groups excluding carboxylic acids is 1. The van der Waals surface area contributed by atoms with Crippen molar-refractivity contribution >= 4 is 11.7 Å². The first-order valence-electron chi connectivity index (χ1n) is 4.55. The number of aliphatic hydroxyl groups excluding tert-OH is 2. The Bertz CT molecular complexity index is 383. The molecule has 0 aromatic heterocycles. The maximum Gasteiger partial charge on any atom is 0.338 e. The van der Waals surface area contributed by atoms with Crippen molar-refractivity contribution in [1.82, 2.24) is 0 Å². The number of ether oxygens (including phenoxy) is 1. The molecule has 0 amide bonds. The van der Waals surface area contributed by atoms with E-state index in [-0.39, 0.29) is 17.9 Å². The predicted molar refractivity (Wildman–Crippen MR) is 54.2 cm³/mol. The summed E-state index contributed by atoms with van der Waals surface area (Å²) in [4.78, 5) is 11.3. The van der Waals surface area contributed by atoms with Gasteiger partial charge in [-0.05, 0) is 18.2 Å². The molecule has 1 aromatic rings. The van der Waals surface area contributed by atoms with E-state index in [9.17, 15) is 9.18 Å². The first kappa shape index (κ1) is 12.4. The lowest BCUT2D eigenvalue weighted by molar-refractivity contribution is 0.00930. The number of nitrogen functional groups attached to an aromatic ring is 1. The molecule has 16 heavy (non-hydrogen) atoms. The van der Waals surface area contributed by atoms with Crippen LogP contribution in [0.1, 0.15) is 10.4 Å². The van der Waals surface area contributed by atoms with Gasteiger partial charge in [0.25, 0.3) is 0 Å². The molecule has 4 N–H and O–H groups in total. The topological polar surface area (TPSA) is 92.8 Å². The zero-order valence-corrected chi connectivity index (χ0v) is 8.39. The van der Waals surface area contributed by atoms with E-state index in [0.29, 0.717) is 0 Å². The maximum atomic E-state index is 13.0. The van der Waals surface area contributed by atoms with Crippen molar-refractivity contribution in [2.24, 2.45) is 0 Å². The van der Waals surface area contributed by atoms with Gasteiger partial charge >= 0.3 is 5.97 Å². The average molecular weight is 229 g/mol. The largest absolute Gasteiger partial charge is 0.459 e. The molecule has 0 aliphatic carbocycles. The summed E-state index contributed by atoms with van der Waals surface area (Å²) >= 11 is 0. The first-order chi connectivity index (χ1) is 7.54. The van der Waals surface area contributed by atoms with Gasteiger partial charge in [-0.25, -0.2) is 9.18 Å². The van der Waals surface area contributed by atoms with Crippen molar-refractivity contribution in [2.45, 2.75) is 6.10 Å². The highest BCUT2D eigenvalue weighted by Gasteiger charge is 2.11. The van der Waals surface area contributed by atoms with Crippen LogP contribution in [0.5, 0.6) is 0 Å². The average Bonchev–Trinajstić information content (AvgIpc) is 2.29. The molecule has 0 saturated carbocycles. The molecule has 0 heterocycles. The number of anilines is 1. The van der Waals surface area contributed by atoms with Crippen LogP contribution in [0, 0.1) is 5.82 Å². The van der Waals surface area contributed by atoms with Gasteiger partial charge in [-0.3, -0.25) is 0 Å². The molecular formula is C10H12FNO4. The van der Waals surface area contributed by atoms with Crippen molar-refractivity contribution in [2.75, 3.05) is 18.9 Å². The fourth-order valence-corrected chi connectivity index (χ4v) is 0.962. The number of aliphatic hydroxyl groups is 2. The molecular weight excluding hydrogens is 217 g/mol. The number of nitrogens with two attached hydrogens (primary N) is 1. The van der Waals surface area contributed by atoms with E-state index in [2.05, 4.69) is 4.74 Å². The lowest BCUT2D eigenvalue weighted by atomic mass is 10.2. The molecule has 5 nitrogen and oxygen atoms in total. The summed E-state index contributed by atoms with van der Waals surface area (Å²) in [6.07, 6.45) is -1.14. The van der Waals surface area contributed by atoms with Crippen LogP contribution < -0.4 is 5.73 Å². The van der Waals surface area contributed by atoms with Gasteiger partial charge in [0.15, 0.2) is 0 Å². The predicted octanol–water partition coefficient (Wildman–Crippen LogP) is -0.0821. The van der Waals surface area contributed by atoms with Crippen LogP contribution in [0.3, 0.4) is 0 Å². The van der Waals surface area contributed by atoms with Crippen LogP contribution in [0.15, 0.2) is 18.2 Å². The van der Waals surface area contributed by atoms with Crippen molar-refractivity contribution in [3.63, 3.8) is 0 Å². The first-order valence-corrected chi connectivity index (χ1v) is 4.55. The molecule has 88 valence electrons. The summed E-state index contributed by atoms with van der Waals surface area (Å²) in [6.45, 7) is -0.856. The van der Waals surface area contributed by atoms with E-state index in [1.807, 2.05) is 0 Å². The summed E-state index contributed by atoms with van der Waals surface area (Å²) in [7, 11) is 0. The fraction of sp³-hybridized carbons (Fsp3) is 0.300. The second-order valence-electron chi connectivity index (χ2n) is 3.17. The third-order valence-electron chi connectivity index (χ3n) is 1.85. The SMILES string of the molecule is Nc1ccc(C(=O)OCC(O)CO)cc1F. The second kappa shape index (κ2) is 5.43.